The first kappa shape index (κ1) is 15.9. The summed E-state index contributed by atoms with van der Waals surface area (Å²) in [5, 5.41) is 1.05. The number of likely N-dealkylation sites (tertiary alicyclic amines) is 1. The van der Waals surface area contributed by atoms with Crippen molar-refractivity contribution in [3.63, 3.8) is 0 Å². The molecule has 0 aliphatic carbocycles. The van der Waals surface area contributed by atoms with Crippen LogP contribution in [0.15, 0.2) is 54.7 Å². The number of fused-ring (bicyclic) bond motifs is 1. The zero-order valence-electron chi connectivity index (χ0n) is 14.0. The minimum absolute atomic E-state index is 0.107. The Morgan fingerprint density at radius 3 is 2.56 bits per heavy atom. The van der Waals surface area contributed by atoms with Gasteiger partial charge in [0, 0.05) is 42.5 Å². The second-order valence-corrected chi connectivity index (χ2v) is 6.66. The normalized spacial score (nSPS) is 15.6. The molecule has 1 aromatic heterocycles. The SMILES string of the molecule is O=C(C[C@@H](c1ccccc1F)c1c[nH]c2ccccc12)N1CCCC1. The Morgan fingerprint density at radius 1 is 1.04 bits per heavy atom. The third-order valence-electron chi connectivity index (χ3n) is 5.11. The highest BCUT2D eigenvalue weighted by Gasteiger charge is 2.27. The number of carbonyl (C=O) groups excluding carboxylic acids is 1. The van der Waals surface area contributed by atoms with E-state index in [2.05, 4.69) is 4.98 Å². The number of H-pyrrole nitrogens is 1. The molecule has 2 heterocycles. The van der Waals surface area contributed by atoms with Gasteiger partial charge in [-0.2, -0.15) is 0 Å². The van der Waals surface area contributed by atoms with Crippen molar-refractivity contribution >= 4 is 16.8 Å². The Bertz CT molecular complexity index is 896. The lowest BCUT2D eigenvalue weighted by molar-refractivity contribution is -0.130. The Labute approximate surface area is 146 Å². The van der Waals surface area contributed by atoms with Gasteiger partial charge in [-0.1, -0.05) is 36.4 Å². The second kappa shape index (κ2) is 6.71. The van der Waals surface area contributed by atoms with Crippen LogP contribution < -0.4 is 0 Å². The summed E-state index contributed by atoms with van der Waals surface area (Å²) < 4.78 is 14.5. The summed E-state index contributed by atoms with van der Waals surface area (Å²) in [5.74, 6) is -0.437. The fourth-order valence-corrected chi connectivity index (χ4v) is 3.80. The topological polar surface area (TPSA) is 36.1 Å². The molecule has 3 nitrogen and oxygen atoms in total. The van der Waals surface area contributed by atoms with Crippen LogP contribution in [0.4, 0.5) is 4.39 Å². The van der Waals surface area contributed by atoms with Crippen molar-refractivity contribution in [3.8, 4) is 0 Å². The van der Waals surface area contributed by atoms with Crippen LogP contribution >= 0.6 is 0 Å². The zero-order chi connectivity index (χ0) is 17.2. The van der Waals surface area contributed by atoms with Crippen LogP contribution in [0.2, 0.25) is 0 Å². The molecule has 4 heteroatoms. The molecule has 1 aliphatic rings. The van der Waals surface area contributed by atoms with Crippen LogP contribution in [0.1, 0.15) is 36.3 Å². The van der Waals surface area contributed by atoms with Crippen LogP contribution in [0.5, 0.6) is 0 Å². The second-order valence-electron chi connectivity index (χ2n) is 6.66. The molecule has 128 valence electrons. The van der Waals surface area contributed by atoms with Gasteiger partial charge in [0.05, 0.1) is 0 Å². The fourth-order valence-electron chi connectivity index (χ4n) is 3.80. The third kappa shape index (κ3) is 3.04. The van der Waals surface area contributed by atoms with Crippen LogP contribution in [-0.2, 0) is 4.79 Å². The van der Waals surface area contributed by atoms with Crippen molar-refractivity contribution in [2.24, 2.45) is 0 Å². The largest absolute Gasteiger partial charge is 0.361 e. The lowest BCUT2D eigenvalue weighted by atomic mass is 9.87. The van der Waals surface area contributed by atoms with Crippen molar-refractivity contribution in [1.29, 1.82) is 0 Å². The molecule has 0 unspecified atom stereocenters. The molecule has 1 atom stereocenters. The highest BCUT2D eigenvalue weighted by atomic mass is 19.1. The van der Waals surface area contributed by atoms with Gasteiger partial charge in [-0.05, 0) is 36.1 Å². The smallest absolute Gasteiger partial charge is 0.223 e. The molecule has 2 aromatic carbocycles. The summed E-state index contributed by atoms with van der Waals surface area (Å²) in [6, 6.07) is 14.7. The number of carbonyl (C=O) groups is 1. The van der Waals surface area contributed by atoms with Crippen molar-refractivity contribution < 1.29 is 9.18 Å². The number of aromatic amines is 1. The number of halogens is 1. The lowest BCUT2D eigenvalue weighted by Crippen LogP contribution is -2.29. The molecule has 1 N–H and O–H groups in total. The number of nitrogens with zero attached hydrogens (tertiary/aromatic N) is 1. The summed E-state index contributed by atoms with van der Waals surface area (Å²) in [4.78, 5) is 17.9. The maximum absolute atomic E-state index is 14.5. The van der Waals surface area contributed by atoms with Gasteiger partial charge >= 0.3 is 0 Å². The Balaban J connectivity index is 1.76. The molecule has 0 bridgehead atoms. The van der Waals surface area contributed by atoms with Crippen LogP contribution in [0.25, 0.3) is 10.9 Å². The van der Waals surface area contributed by atoms with Crippen LogP contribution in [0.3, 0.4) is 0 Å². The quantitative estimate of drug-likeness (QED) is 0.751. The van der Waals surface area contributed by atoms with Crippen LogP contribution in [-0.4, -0.2) is 28.9 Å². The average Bonchev–Trinajstić information content (AvgIpc) is 3.30. The number of para-hydroxylation sites is 1. The fraction of sp³-hybridized carbons (Fsp3) is 0.286. The minimum Gasteiger partial charge on any atom is -0.361 e. The van der Waals surface area contributed by atoms with Gasteiger partial charge in [0.25, 0.3) is 0 Å². The van der Waals surface area contributed by atoms with Gasteiger partial charge in [-0.25, -0.2) is 4.39 Å². The number of nitrogens with one attached hydrogen (secondary N) is 1. The van der Waals surface area contributed by atoms with Gasteiger partial charge in [0.2, 0.25) is 5.91 Å². The first-order chi connectivity index (χ1) is 12.2. The molecule has 1 aliphatic heterocycles. The molecule has 0 spiro atoms. The predicted octanol–water partition coefficient (Wildman–Crippen LogP) is 4.45. The number of hydrogen-bond acceptors (Lipinski definition) is 1. The number of aromatic nitrogens is 1. The molecule has 1 fully saturated rings. The van der Waals surface area contributed by atoms with E-state index in [1.165, 1.54) is 6.07 Å². The maximum atomic E-state index is 14.5. The Morgan fingerprint density at radius 2 is 1.76 bits per heavy atom. The molecular formula is C21H21FN2O. The van der Waals surface area contributed by atoms with Crippen molar-refractivity contribution in [3.05, 3.63) is 71.7 Å². The lowest BCUT2D eigenvalue weighted by Gasteiger charge is -2.22. The maximum Gasteiger partial charge on any atom is 0.223 e. The number of rotatable bonds is 4. The van der Waals surface area contributed by atoms with E-state index >= 15 is 0 Å². The number of amides is 1. The van der Waals surface area contributed by atoms with E-state index in [-0.39, 0.29) is 17.6 Å². The zero-order valence-corrected chi connectivity index (χ0v) is 14.0. The van der Waals surface area contributed by atoms with E-state index < -0.39 is 0 Å². The summed E-state index contributed by atoms with van der Waals surface area (Å²) in [5.41, 5.74) is 2.57. The first-order valence-corrected chi connectivity index (χ1v) is 8.82. The molecule has 3 aromatic rings. The Kier molecular flexibility index (Phi) is 4.26. The molecular weight excluding hydrogens is 315 g/mol. The first-order valence-electron chi connectivity index (χ1n) is 8.82. The minimum atomic E-state index is -0.287. The van der Waals surface area contributed by atoms with Crippen molar-refractivity contribution in [1.82, 2.24) is 9.88 Å². The molecule has 25 heavy (non-hydrogen) atoms. The van der Waals surface area contributed by atoms with E-state index in [4.69, 9.17) is 0 Å². The molecule has 0 radical (unpaired) electrons. The standard InChI is InChI=1S/C21H21FN2O/c22-19-9-3-1-7-15(19)17(13-21(25)24-11-5-6-12-24)18-14-23-20-10-4-2-8-16(18)20/h1-4,7-10,14,17,23H,5-6,11-13H2/t17-/m0/s1. The van der Waals surface area contributed by atoms with E-state index in [9.17, 15) is 9.18 Å². The van der Waals surface area contributed by atoms with E-state index in [0.717, 1.165) is 42.4 Å². The van der Waals surface area contributed by atoms with E-state index in [1.54, 1.807) is 12.1 Å². The Hall–Kier alpha value is -2.62. The van der Waals surface area contributed by atoms with Gasteiger partial charge in [0.1, 0.15) is 5.82 Å². The number of hydrogen-bond donors (Lipinski definition) is 1. The molecule has 4 rings (SSSR count). The highest BCUT2D eigenvalue weighted by molar-refractivity contribution is 5.86. The summed E-state index contributed by atoms with van der Waals surface area (Å²) >= 11 is 0. The summed E-state index contributed by atoms with van der Waals surface area (Å²) in [6.07, 6.45) is 4.33. The van der Waals surface area contributed by atoms with Gasteiger partial charge in [-0.15, -0.1) is 0 Å². The van der Waals surface area contributed by atoms with Gasteiger partial charge in [-0.3, -0.25) is 4.79 Å². The molecule has 1 amide bonds. The van der Waals surface area contributed by atoms with Gasteiger partial charge in [0.15, 0.2) is 0 Å². The number of benzene rings is 2. The summed E-state index contributed by atoms with van der Waals surface area (Å²) in [6.45, 7) is 1.63. The van der Waals surface area contributed by atoms with Gasteiger partial charge < -0.3 is 9.88 Å². The average molecular weight is 336 g/mol. The van der Waals surface area contributed by atoms with E-state index in [0.29, 0.717) is 12.0 Å². The van der Waals surface area contributed by atoms with Crippen molar-refractivity contribution in [2.75, 3.05) is 13.1 Å². The third-order valence-corrected chi connectivity index (χ3v) is 5.11. The van der Waals surface area contributed by atoms with E-state index in [1.807, 2.05) is 41.4 Å². The monoisotopic (exact) mass is 336 g/mol. The van der Waals surface area contributed by atoms with Crippen molar-refractivity contribution in [2.45, 2.75) is 25.2 Å². The molecule has 1 saturated heterocycles. The molecule has 0 saturated carbocycles. The summed E-state index contributed by atoms with van der Waals surface area (Å²) in [7, 11) is 0. The van der Waals surface area contributed by atoms with Crippen LogP contribution in [0, 0.1) is 5.82 Å². The predicted molar refractivity (Wildman–Crippen MR) is 97.0 cm³/mol. The highest BCUT2D eigenvalue weighted by Crippen LogP contribution is 2.35.